The van der Waals surface area contributed by atoms with Crippen molar-refractivity contribution in [3.63, 3.8) is 0 Å². The largest absolute Gasteiger partial charge is 0.386 e. The van der Waals surface area contributed by atoms with Crippen molar-refractivity contribution in [2.75, 3.05) is 32.7 Å². The van der Waals surface area contributed by atoms with Gasteiger partial charge >= 0.3 is 0 Å². The van der Waals surface area contributed by atoms with Gasteiger partial charge in [-0.15, -0.1) is 11.3 Å². The SMILES string of the molecule is CCNC(=NCC(O)c1cc2ccccc2s1)NCCCN1CCCC1=O. The lowest BCUT2D eigenvalue weighted by atomic mass is 10.2. The molecule has 1 fully saturated rings. The van der Waals surface area contributed by atoms with Gasteiger partial charge in [0.15, 0.2) is 5.96 Å². The van der Waals surface area contributed by atoms with Gasteiger partial charge < -0.3 is 20.6 Å². The molecule has 0 radical (unpaired) electrons. The van der Waals surface area contributed by atoms with E-state index in [4.69, 9.17) is 0 Å². The highest BCUT2D eigenvalue weighted by Crippen LogP contribution is 2.29. The number of benzene rings is 1. The van der Waals surface area contributed by atoms with E-state index in [9.17, 15) is 9.90 Å². The molecule has 1 saturated heterocycles. The Morgan fingerprint density at radius 3 is 2.96 bits per heavy atom. The Morgan fingerprint density at radius 1 is 1.37 bits per heavy atom. The lowest BCUT2D eigenvalue weighted by Crippen LogP contribution is -2.39. The van der Waals surface area contributed by atoms with Crippen molar-refractivity contribution in [2.24, 2.45) is 4.99 Å². The summed E-state index contributed by atoms with van der Waals surface area (Å²) in [6, 6.07) is 10.2. The number of carbonyl (C=O) groups is 1. The molecular formula is C20H28N4O2S. The van der Waals surface area contributed by atoms with E-state index in [1.54, 1.807) is 11.3 Å². The van der Waals surface area contributed by atoms with Gasteiger partial charge in [-0.3, -0.25) is 9.79 Å². The number of aliphatic hydroxyl groups excluding tert-OH is 1. The van der Waals surface area contributed by atoms with E-state index in [-0.39, 0.29) is 5.91 Å². The van der Waals surface area contributed by atoms with Gasteiger partial charge in [0, 0.05) is 42.2 Å². The van der Waals surface area contributed by atoms with Crippen molar-refractivity contribution < 1.29 is 9.90 Å². The molecule has 1 aliphatic heterocycles. The second kappa shape index (κ2) is 9.71. The fourth-order valence-electron chi connectivity index (χ4n) is 3.19. The van der Waals surface area contributed by atoms with Crippen LogP contribution in [0.5, 0.6) is 0 Å². The molecule has 6 nitrogen and oxygen atoms in total. The van der Waals surface area contributed by atoms with Crippen LogP contribution in [0.2, 0.25) is 0 Å². The Hall–Kier alpha value is -2.12. The first kappa shape index (κ1) is 19.6. The zero-order valence-electron chi connectivity index (χ0n) is 15.8. The third-order valence-electron chi connectivity index (χ3n) is 4.61. The molecule has 2 heterocycles. The van der Waals surface area contributed by atoms with Gasteiger partial charge in [0.05, 0.1) is 6.54 Å². The summed E-state index contributed by atoms with van der Waals surface area (Å²) in [6.45, 7) is 5.50. The number of thiophene rings is 1. The maximum atomic E-state index is 11.6. The molecule has 146 valence electrons. The van der Waals surface area contributed by atoms with E-state index in [1.165, 1.54) is 4.70 Å². The van der Waals surface area contributed by atoms with Gasteiger partial charge in [-0.1, -0.05) is 18.2 Å². The highest BCUT2D eigenvalue weighted by molar-refractivity contribution is 7.19. The molecular weight excluding hydrogens is 360 g/mol. The number of hydrogen-bond donors (Lipinski definition) is 3. The first-order valence-corrected chi connectivity index (χ1v) is 10.5. The van der Waals surface area contributed by atoms with E-state index in [0.29, 0.717) is 18.9 Å². The zero-order valence-corrected chi connectivity index (χ0v) is 16.6. The highest BCUT2D eigenvalue weighted by atomic mass is 32.1. The molecule has 3 N–H and O–H groups in total. The summed E-state index contributed by atoms with van der Waals surface area (Å²) in [4.78, 5) is 19.0. The highest BCUT2D eigenvalue weighted by Gasteiger charge is 2.19. The monoisotopic (exact) mass is 388 g/mol. The van der Waals surface area contributed by atoms with Crippen LogP contribution in [0.25, 0.3) is 10.1 Å². The normalized spacial score (nSPS) is 16.1. The first-order chi connectivity index (χ1) is 13.2. The van der Waals surface area contributed by atoms with Crippen LogP contribution in [0.1, 0.15) is 37.2 Å². The van der Waals surface area contributed by atoms with Crippen LogP contribution >= 0.6 is 11.3 Å². The van der Waals surface area contributed by atoms with E-state index >= 15 is 0 Å². The number of aliphatic imine (C=N–C) groups is 1. The van der Waals surface area contributed by atoms with E-state index in [1.807, 2.05) is 30.0 Å². The van der Waals surface area contributed by atoms with Crippen LogP contribution in [-0.2, 0) is 4.79 Å². The molecule has 1 unspecified atom stereocenters. The maximum absolute atomic E-state index is 11.6. The van der Waals surface area contributed by atoms with E-state index < -0.39 is 6.10 Å². The number of rotatable bonds is 8. The number of likely N-dealkylation sites (tertiary alicyclic amines) is 1. The summed E-state index contributed by atoms with van der Waals surface area (Å²) < 4.78 is 1.18. The van der Waals surface area contributed by atoms with Crippen LogP contribution in [0.3, 0.4) is 0 Å². The van der Waals surface area contributed by atoms with Crippen LogP contribution in [0.4, 0.5) is 0 Å². The number of amides is 1. The molecule has 27 heavy (non-hydrogen) atoms. The predicted octanol–water partition coefficient (Wildman–Crippen LogP) is 2.50. The molecule has 0 spiro atoms. The van der Waals surface area contributed by atoms with E-state index in [2.05, 4.69) is 27.8 Å². The van der Waals surface area contributed by atoms with Gasteiger partial charge in [-0.2, -0.15) is 0 Å². The van der Waals surface area contributed by atoms with Crippen LogP contribution in [-0.4, -0.2) is 54.6 Å². The van der Waals surface area contributed by atoms with Gasteiger partial charge in [-0.25, -0.2) is 0 Å². The number of guanidine groups is 1. The van der Waals surface area contributed by atoms with Gasteiger partial charge in [0.2, 0.25) is 5.91 Å². The van der Waals surface area contributed by atoms with Crippen molar-refractivity contribution >= 4 is 33.3 Å². The molecule has 3 rings (SSSR count). The Kier molecular flexibility index (Phi) is 7.06. The number of carbonyl (C=O) groups excluding carboxylic acids is 1. The third-order valence-corrected chi connectivity index (χ3v) is 5.83. The lowest BCUT2D eigenvalue weighted by Gasteiger charge is -2.16. The average molecular weight is 389 g/mol. The molecule has 2 aromatic rings. The molecule has 0 saturated carbocycles. The lowest BCUT2D eigenvalue weighted by molar-refractivity contribution is -0.127. The quantitative estimate of drug-likeness (QED) is 0.369. The topological polar surface area (TPSA) is 77.0 Å². The van der Waals surface area contributed by atoms with Gasteiger partial charge in [0.1, 0.15) is 6.10 Å². The van der Waals surface area contributed by atoms with Crippen molar-refractivity contribution in [1.82, 2.24) is 15.5 Å². The minimum Gasteiger partial charge on any atom is -0.386 e. The molecule has 1 amide bonds. The minimum absolute atomic E-state index is 0.266. The van der Waals surface area contributed by atoms with Gasteiger partial charge in [0.25, 0.3) is 0 Å². The number of nitrogens with zero attached hydrogens (tertiary/aromatic N) is 2. The summed E-state index contributed by atoms with van der Waals surface area (Å²) in [7, 11) is 0. The minimum atomic E-state index is -0.611. The van der Waals surface area contributed by atoms with Crippen molar-refractivity contribution in [1.29, 1.82) is 0 Å². The van der Waals surface area contributed by atoms with Crippen LogP contribution in [0.15, 0.2) is 35.3 Å². The van der Waals surface area contributed by atoms with Crippen molar-refractivity contribution in [3.05, 3.63) is 35.2 Å². The third kappa shape index (κ3) is 5.43. The predicted molar refractivity (Wildman–Crippen MR) is 111 cm³/mol. The van der Waals surface area contributed by atoms with Gasteiger partial charge in [-0.05, 0) is 37.3 Å². The van der Waals surface area contributed by atoms with E-state index in [0.717, 1.165) is 49.3 Å². The summed E-state index contributed by atoms with van der Waals surface area (Å²) in [5, 5.41) is 18.1. The fraction of sp³-hybridized carbons (Fsp3) is 0.500. The molecule has 7 heteroatoms. The Morgan fingerprint density at radius 2 is 2.22 bits per heavy atom. The maximum Gasteiger partial charge on any atom is 0.222 e. The first-order valence-electron chi connectivity index (χ1n) is 9.64. The number of hydrogen-bond acceptors (Lipinski definition) is 4. The summed E-state index contributed by atoms with van der Waals surface area (Å²) >= 11 is 1.61. The Bertz CT molecular complexity index is 756. The average Bonchev–Trinajstić information content (AvgIpc) is 3.29. The second-order valence-electron chi connectivity index (χ2n) is 6.69. The summed E-state index contributed by atoms with van der Waals surface area (Å²) in [5.74, 6) is 0.965. The van der Waals surface area contributed by atoms with Crippen molar-refractivity contribution in [2.45, 2.75) is 32.3 Å². The second-order valence-corrected chi connectivity index (χ2v) is 7.80. The number of aliphatic hydroxyl groups is 1. The summed E-state index contributed by atoms with van der Waals surface area (Å²) in [6.07, 6.45) is 1.94. The number of nitrogens with one attached hydrogen (secondary N) is 2. The van der Waals surface area contributed by atoms with Crippen molar-refractivity contribution in [3.8, 4) is 0 Å². The zero-order chi connectivity index (χ0) is 19.1. The Labute approximate surface area is 164 Å². The molecule has 1 aromatic heterocycles. The standard InChI is InChI=1S/C20H28N4O2S/c1-2-21-20(22-10-6-12-24-11-5-9-19(24)26)23-14-16(25)18-13-15-7-3-4-8-17(15)27-18/h3-4,7-8,13,16,25H,2,5-6,9-12,14H2,1H3,(H2,21,22,23). The Balaban J connectivity index is 1.49. The van der Waals surface area contributed by atoms with Crippen LogP contribution in [0, 0.1) is 0 Å². The fourth-order valence-corrected chi connectivity index (χ4v) is 4.24. The number of fused-ring (bicyclic) bond motifs is 1. The smallest absolute Gasteiger partial charge is 0.222 e. The summed E-state index contributed by atoms with van der Waals surface area (Å²) in [5.41, 5.74) is 0. The van der Waals surface area contributed by atoms with Crippen LogP contribution < -0.4 is 10.6 Å². The molecule has 1 atom stereocenters. The molecule has 1 aliphatic rings. The molecule has 1 aromatic carbocycles. The molecule has 0 bridgehead atoms. The molecule has 0 aliphatic carbocycles.